The summed E-state index contributed by atoms with van der Waals surface area (Å²) in [5.41, 5.74) is -0.325. The summed E-state index contributed by atoms with van der Waals surface area (Å²) in [7, 11) is 2.83. The standard InChI is InChI=1S/C11H12F3NO4/c1-15(2)8-6(9(16)10(17)18)4-3-5-7(8)19-11(12,13)14/h3-5,9,16H,1-2H3,(H,17,18). The number of rotatable bonds is 4. The molecule has 0 aliphatic heterocycles. The maximum Gasteiger partial charge on any atom is 0.573 e. The van der Waals surface area contributed by atoms with Crippen LogP contribution in [0.25, 0.3) is 0 Å². The number of nitrogens with zero attached hydrogens (tertiary/aromatic N) is 1. The lowest BCUT2D eigenvalue weighted by atomic mass is 10.1. The van der Waals surface area contributed by atoms with Gasteiger partial charge in [0.1, 0.15) is 0 Å². The van der Waals surface area contributed by atoms with Crippen LogP contribution < -0.4 is 9.64 Å². The lowest BCUT2D eigenvalue weighted by Crippen LogP contribution is -2.22. The summed E-state index contributed by atoms with van der Waals surface area (Å²) in [6.45, 7) is 0. The minimum Gasteiger partial charge on any atom is -0.479 e. The predicted octanol–water partition coefficient (Wildman–Crippen LogP) is 1.77. The smallest absolute Gasteiger partial charge is 0.479 e. The Morgan fingerprint density at radius 2 is 1.95 bits per heavy atom. The van der Waals surface area contributed by atoms with E-state index in [2.05, 4.69) is 4.74 Å². The lowest BCUT2D eigenvalue weighted by molar-refractivity contribution is -0.274. The average Bonchev–Trinajstić information content (AvgIpc) is 2.24. The molecule has 1 aromatic rings. The number of aliphatic hydroxyl groups excluding tert-OH is 1. The Bertz CT molecular complexity index is 473. The van der Waals surface area contributed by atoms with Gasteiger partial charge in [-0.05, 0) is 6.07 Å². The summed E-state index contributed by atoms with van der Waals surface area (Å²) in [6.07, 6.45) is -6.84. The monoisotopic (exact) mass is 279 g/mol. The number of benzene rings is 1. The highest BCUT2D eigenvalue weighted by Crippen LogP contribution is 2.37. The zero-order valence-corrected chi connectivity index (χ0v) is 10.1. The molecule has 2 N–H and O–H groups in total. The van der Waals surface area contributed by atoms with Gasteiger partial charge in [-0.2, -0.15) is 0 Å². The molecular formula is C11H12F3NO4. The average molecular weight is 279 g/mol. The topological polar surface area (TPSA) is 70.0 Å². The first-order chi connectivity index (χ1) is 8.63. The van der Waals surface area contributed by atoms with Crippen molar-refractivity contribution in [2.45, 2.75) is 12.5 Å². The van der Waals surface area contributed by atoms with Crippen molar-refractivity contribution in [1.82, 2.24) is 0 Å². The molecule has 19 heavy (non-hydrogen) atoms. The molecule has 1 rings (SSSR count). The molecule has 0 aromatic heterocycles. The fraction of sp³-hybridized carbons (Fsp3) is 0.364. The van der Waals surface area contributed by atoms with E-state index in [-0.39, 0.29) is 11.3 Å². The third kappa shape index (κ3) is 3.75. The van der Waals surface area contributed by atoms with Gasteiger partial charge >= 0.3 is 12.3 Å². The summed E-state index contributed by atoms with van der Waals surface area (Å²) in [4.78, 5) is 12.0. The second-order valence-electron chi connectivity index (χ2n) is 3.88. The van der Waals surface area contributed by atoms with Crippen molar-refractivity contribution < 1.29 is 32.9 Å². The van der Waals surface area contributed by atoms with Crippen LogP contribution in [0.15, 0.2) is 18.2 Å². The third-order valence-corrected chi connectivity index (χ3v) is 2.23. The summed E-state index contributed by atoms with van der Waals surface area (Å²) >= 11 is 0. The molecule has 0 radical (unpaired) electrons. The van der Waals surface area contributed by atoms with E-state index in [1.54, 1.807) is 0 Å². The second-order valence-corrected chi connectivity index (χ2v) is 3.88. The number of carboxylic acid groups (broad SMARTS) is 1. The van der Waals surface area contributed by atoms with E-state index in [0.29, 0.717) is 0 Å². The molecule has 5 nitrogen and oxygen atoms in total. The Hall–Kier alpha value is -1.96. The van der Waals surface area contributed by atoms with Gasteiger partial charge in [0.2, 0.25) is 0 Å². The molecule has 0 amide bonds. The van der Waals surface area contributed by atoms with Crippen molar-refractivity contribution >= 4 is 11.7 Å². The Balaban J connectivity index is 3.34. The molecule has 1 aromatic carbocycles. The van der Waals surface area contributed by atoms with Crippen molar-refractivity contribution in [3.63, 3.8) is 0 Å². The van der Waals surface area contributed by atoms with E-state index >= 15 is 0 Å². The molecule has 0 bridgehead atoms. The molecule has 1 atom stereocenters. The lowest BCUT2D eigenvalue weighted by Gasteiger charge is -2.23. The number of para-hydroxylation sites is 1. The Labute approximate surface area is 106 Å². The first-order valence-electron chi connectivity index (χ1n) is 5.10. The summed E-state index contributed by atoms with van der Waals surface area (Å²) < 4.78 is 40.6. The quantitative estimate of drug-likeness (QED) is 0.879. The number of alkyl halides is 3. The van der Waals surface area contributed by atoms with Crippen molar-refractivity contribution in [2.24, 2.45) is 0 Å². The molecule has 0 aliphatic rings. The van der Waals surface area contributed by atoms with Crippen molar-refractivity contribution in [3.05, 3.63) is 23.8 Å². The number of aliphatic hydroxyl groups is 1. The number of ether oxygens (including phenoxy) is 1. The largest absolute Gasteiger partial charge is 0.573 e. The van der Waals surface area contributed by atoms with Crippen LogP contribution in [0.1, 0.15) is 11.7 Å². The van der Waals surface area contributed by atoms with Crippen LogP contribution in [-0.4, -0.2) is 36.6 Å². The fourth-order valence-corrected chi connectivity index (χ4v) is 1.58. The zero-order chi connectivity index (χ0) is 14.8. The molecule has 0 aliphatic carbocycles. The normalized spacial score (nSPS) is 12.9. The molecule has 0 fully saturated rings. The number of carbonyl (C=O) groups is 1. The summed E-state index contributed by atoms with van der Waals surface area (Å²) in [6, 6.07) is 3.44. The number of halogens is 3. The van der Waals surface area contributed by atoms with E-state index in [4.69, 9.17) is 5.11 Å². The molecular weight excluding hydrogens is 267 g/mol. The van der Waals surface area contributed by atoms with Gasteiger partial charge in [-0.1, -0.05) is 12.1 Å². The van der Waals surface area contributed by atoms with Crippen molar-refractivity contribution in [1.29, 1.82) is 0 Å². The number of anilines is 1. The van der Waals surface area contributed by atoms with Crippen LogP contribution in [-0.2, 0) is 4.79 Å². The molecule has 0 saturated heterocycles. The highest BCUT2D eigenvalue weighted by Gasteiger charge is 2.34. The van der Waals surface area contributed by atoms with Gasteiger partial charge in [0, 0.05) is 19.7 Å². The van der Waals surface area contributed by atoms with Crippen LogP contribution in [0, 0.1) is 0 Å². The van der Waals surface area contributed by atoms with Crippen LogP contribution in [0.4, 0.5) is 18.9 Å². The number of carboxylic acids is 1. The fourth-order valence-electron chi connectivity index (χ4n) is 1.58. The van der Waals surface area contributed by atoms with E-state index in [9.17, 15) is 23.1 Å². The van der Waals surface area contributed by atoms with Crippen molar-refractivity contribution in [2.75, 3.05) is 19.0 Å². The van der Waals surface area contributed by atoms with Gasteiger partial charge in [-0.15, -0.1) is 13.2 Å². The van der Waals surface area contributed by atoms with Gasteiger partial charge in [-0.25, -0.2) is 4.79 Å². The number of hydrogen-bond acceptors (Lipinski definition) is 4. The van der Waals surface area contributed by atoms with E-state index in [0.717, 1.165) is 6.07 Å². The number of hydrogen-bond donors (Lipinski definition) is 2. The van der Waals surface area contributed by atoms with Gasteiger partial charge < -0.3 is 19.8 Å². The van der Waals surface area contributed by atoms with Gasteiger partial charge in [0.15, 0.2) is 11.9 Å². The zero-order valence-electron chi connectivity index (χ0n) is 10.1. The van der Waals surface area contributed by atoms with Crippen molar-refractivity contribution in [3.8, 4) is 5.75 Å². The molecule has 0 saturated carbocycles. The van der Waals surface area contributed by atoms with Crippen LogP contribution in [0.2, 0.25) is 0 Å². The van der Waals surface area contributed by atoms with E-state index in [1.807, 2.05) is 0 Å². The van der Waals surface area contributed by atoms with Crippen LogP contribution >= 0.6 is 0 Å². The first kappa shape index (κ1) is 15.1. The molecule has 8 heteroatoms. The third-order valence-electron chi connectivity index (χ3n) is 2.23. The Morgan fingerprint density at radius 3 is 2.37 bits per heavy atom. The van der Waals surface area contributed by atoms with Crippen LogP contribution in [0.5, 0.6) is 5.75 Å². The predicted molar refractivity (Wildman–Crippen MR) is 60.0 cm³/mol. The highest BCUT2D eigenvalue weighted by molar-refractivity contribution is 5.79. The molecule has 106 valence electrons. The SMILES string of the molecule is CN(C)c1c(OC(F)(F)F)cccc1C(O)C(=O)O. The maximum absolute atomic E-state index is 12.3. The molecule has 1 unspecified atom stereocenters. The van der Waals surface area contributed by atoms with Gasteiger partial charge in [0.25, 0.3) is 0 Å². The van der Waals surface area contributed by atoms with E-state index in [1.165, 1.54) is 31.1 Å². The summed E-state index contributed by atoms with van der Waals surface area (Å²) in [5, 5.41) is 18.2. The minimum atomic E-state index is -4.91. The minimum absolute atomic E-state index is 0.144. The van der Waals surface area contributed by atoms with Gasteiger partial charge in [0.05, 0.1) is 5.69 Å². The Kier molecular flexibility index (Phi) is 4.25. The Morgan fingerprint density at radius 1 is 1.37 bits per heavy atom. The highest BCUT2D eigenvalue weighted by atomic mass is 19.4. The first-order valence-corrected chi connectivity index (χ1v) is 5.10. The number of aliphatic carboxylic acids is 1. The maximum atomic E-state index is 12.3. The van der Waals surface area contributed by atoms with Gasteiger partial charge in [-0.3, -0.25) is 0 Å². The summed E-state index contributed by atoms with van der Waals surface area (Å²) in [5.74, 6) is -2.14. The van der Waals surface area contributed by atoms with E-state index < -0.39 is 24.2 Å². The second kappa shape index (κ2) is 5.35. The molecule has 0 heterocycles. The molecule has 0 spiro atoms. The van der Waals surface area contributed by atoms with Crippen LogP contribution in [0.3, 0.4) is 0 Å².